The number of β-amino-alcohol motifs (C(OH)–C–C–N with tert-alkyl or cyclic N) is 2. The lowest BCUT2D eigenvalue weighted by atomic mass is 9.94. The maximum absolute atomic E-state index is 13.3. The first-order chi connectivity index (χ1) is 22.7. The Morgan fingerprint density at radius 3 is 1.40 bits per heavy atom. The molecule has 4 heterocycles. The van der Waals surface area contributed by atoms with Crippen molar-refractivity contribution in [3.63, 3.8) is 0 Å². The molecular weight excluding hydrogens is 604 g/mol. The number of pyridine rings is 2. The molecule has 4 N–H and O–H groups in total. The molecule has 0 radical (unpaired) electrons. The monoisotopic (exact) mass is 648 g/mol. The van der Waals surface area contributed by atoms with Crippen LogP contribution in [0.15, 0.2) is 60.9 Å². The molecule has 48 heavy (non-hydrogen) atoms. The maximum Gasteiger partial charge on any atom is 0.274 e. The second kappa shape index (κ2) is 12.9. The molecule has 6 rings (SSSR count). The highest BCUT2D eigenvalue weighted by atomic mass is 16.3. The van der Waals surface area contributed by atoms with E-state index < -0.39 is 11.2 Å². The van der Waals surface area contributed by atoms with E-state index in [4.69, 9.17) is 0 Å². The van der Waals surface area contributed by atoms with Crippen molar-refractivity contribution in [2.24, 2.45) is 0 Å². The fraction of sp³-hybridized carbons (Fsp3) is 0.368. The SMILES string of the molecule is Cc1cc(C(=O)Nc2cccc(-c3cccc(NC(=O)c4cc(C)c(CN5CC(C)(O)C5)cn4)c3C)c2C)ncc1CN1CC(C)(O)C1. The summed E-state index contributed by atoms with van der Waals surface area (Å²) in [5, 5.41) is 26.1. The number of hydrogen-bond acceptors (Lipinski definition) is 8. The number of aliphatic hydroxyl groups is 2. The smallest absolute Gasteiger partial charge is 0.274 e. The minimum absolute atomic E-state index is 0.292. The van der Waals surface area contributed by atoms with Gasteiger partial charge >= 0.3 is 0 Å². The van der Waals surface area contributed by atoms with Crippen LogP contribution in [0, 0.1) is 27.7 Å². The summed E-state index contributed by atoms with van der Waals surface area (Å²) in [5.41, 5.74) is 8.45. The van der Waals surface area contributed by atoms with Gasteiger partial charge in [-0.2, -0.15) is 0 Å². The molecule has 10 nitrogen and oxygen atoms in total. The van der Waals surface area contributed by atoms with Crippen LogP contribution in [0.25, 0.3) is 11.1 Å². The quantitative estimate of drug-likeness (QED) is 0.199. The highest BCUT2D eigenvalue weighted by Gasteiger charge is 2.37. The largest absolute Gasteiger partial charge is 0.388 e. The van der Waals surface area contributed by atoms with Crippen molar-refractivity contribution < 1.29 is 19.8 Å². The Morgan fingerprint density at radius 2 is 1.06 bits per heavy atom. The van der Waals surface area contributed by atoms with E-state index in [0.29, 0.717) is 62.0 Å². The molecule has 0 aliphatic carbocycles. The zero-order valence-corrected chi connectivity index (χ0v) is 28.5. The summed E-state index contributed by atoms with van der Waals surface area (Å²) in [4.78, 5) is 39.8. The molecular formula is C38H44N6O4. The van der Waals surface area contributed by atoms with Crippen LogP contribution < -0.4 is 10.6 Å². The van der Waals surface area contributed by atoms with E-state index in [1.54, 1.807) is 24.5 Å². The molecule has 2 aliphatic rings. The van der Waals surface area contributed by atoms with E-state index in [9.17, 15) is 19.8 Å². The molecule has 2 aromatic carbocycles. The van der Waals surface area contributed by atoms with Crippen LogP contribution in [0.3, 0.4) is 0 Å². The van der Waals surface area contributed by atoms with Crippen LogP contribution in [0.4, 0.5) is 11.4 Å². The van der Waals surface area contributed by atoms with E-state index in [1.807, 2.05) is 77.9 Å². The topological polar surface area (TPSA) is 131 Å². The highest BCUT2D eigenvalue weighted by molar-refractivity contribution is 6.05. The lowest BCUT2D eigenvalue weighted by molar-refractivity contribution is -0.0875. The Balaban J connectivity index is 1.14. The average Bonchev–Trinajstić information content (AvgIpc) is 2.99. The standard InChI is InChI=1S/C38H44N6O4/c1-23-13-33(39-15-27(23)17-43-19-37(5,47)20-43)35(45)41-31-11-7-9-29(25(31)3)30-10-8-12-32(26(30)4)42-36(46)34-14-24(2)28(16-40-34)18-44-21-38(6,48)22-44/h7-16,47-48H,17-22H2,1-6H3,(H,41,45)(H,42,46). The zero-order chi connectivity index (χ0) is 34.4. The number of benzene rings is 2. The molecule has 0 unspecified atom stereocenters. The van der Waals surface area contributed by atoms with Gasteiger partial charge in [-0.05, 0) is 110 Å². The highest BCUT2D eigenvalue weighted by Crippen LogP contribution is 2.34. The first-order valence-electron chi connectivity index (χ1n) is 16.3. The second-order valence-corrected chi connectivity index (χ2v) is 14.1. The summed E-state index contributed by atoms with van der Waals surface area (Å²) in [5.74, 6) is -0.583. The van der Waals surface area contributed by atoms with Crippen molar-refractivity contribution in [2.75, 3.05) is 36.8 Å². The Kier molecular flexibility index (Phi) is 8.95. The van der Waals surface area contributed by atoms with Crippen molar-refractivity contribution in [3.8, 4) is 11.1 Å². The zero-order valence-electron chi connectivity index (χ0n) is 28.5. The molecule has 2 aliphatic heterocycles. The van der Waals surface area contributed by atoms with Crippen LogP contribution in [-0.4, -0.2) is 79.2 Å². The van der Waals surface area contributed by atoms with Crippen molar-refractivity contribution in [1.29, 1.82) is 0 Å². The minimum atomic E-state index is -0.634. The summed E-state index contributed by atoms with van der Waals surface area (Å²) in [6.45, 7) is 15.4. The Hall–Kier alpha value is -4.48. The summed E-state index contributed by atoms with van der Waals surface area (Å²) >= 11 is 0. The summed E-state index contributed by atoms with van der Waals surface area (Å²) in [6.07, 6.45) is 3.49. The number of hydrogen-bond donors (Lipinski definition) is 4. The molecule has 0 spiro atoms. The molecule has 0 bridgehead atoms. The molecule has 250 valence electrons. The van der Waals surface area contributed by atoms with Gasteiger partial charge in [0.2, 0.25) is 0 Å². The first-order valence-corrected chi connectivity index (χ1v) is 16.3. The number of aromatic nitrogens is 2. The van der Waals surface area contributed by atoms with Gasteiger partial charge in [0.1, 0.15) is 11.4 Å². The van der Waals surface area contributed by atoms with Gasteiger partial charge in [0, 0.05) is 63.0 Å². The number of likely N-dealkylation sites (tertiary alicyclic amines) is 2. The number of nitrogens with one attached hydrogen (secondary N) is 2. The number of aryl methyl sites for hydroxylation is 2. The number of carbonyl (C=O) groups is 2. The van der Waals surface area contributed by atoms with Crippen molar-refractivity contribution in [1.82, 2.24) is 19.8 Å². The van der Waals surface area contributed by atoms with Gasteiger partial charge in [-0.1, -0.05) is 24.3 Å². The van der Waals surface area contributed by atoms with E-state index >= 15 is 0 Å². The average molecular weight is 649 g/mol. The number of carbonyl (C=O) groups excluding carboxylic acids is 2. The van der Waals surface area contributed by atoms with Gasteiger partial charge in [-0.25, -0.2) is 0 Å². The van der Waals surface area contributed by atoms with Gasteiger partial charge in [0.15, 0.2) is 0 Å². The van der Waals surface area contributed by atoms with E-state index in [0.717, 1.165) is 44.5 Å². The predicted octanol–water partition coefficient (Wildman–Crippen LogP) is 5.02. The van der Waals surface area contributed by atoms with Crippen LogP contribution in [0.2, 0.25) is 0 Å². The van der Waals surface area contributed by atoms with Crippen LogP contribution in [0.1, 0.15) is 68.2 Å². The van der Waals surface area contributed by atoms with Crippen molar-refractivity contribution >= 4 is 23.2 Å². The van der Waals surface area contributed by atoms with Gasteiger partial charge in [0.05, 0.1) is 11.2 Å². The Morgan fingerprint density at radius 1 is 0.688 bits per heavy atom. The summed E-state index contributed by atoms with van der Waals surface area (Å²) in [6, 6.07) is 15.2. The molecule has 10 heteroatoms. The fourth-order valence-electron chi connectivity index (χ4n) is 6.79. The third-order valence-corrected chi connectivity index (χ3v) is 9.40. The second-order valence-electron chi connectivity index (χ2n) is 14.1. The van der Waals surface area contributed by atoms with Crippen LogP contribution >= 0.6 is 0 Å². The third kappa shape index (κ3) is 7.17. The van der Waals surface area contributed by atoms with E-state index in [1.165, 1.54) is 0 Å². The maximum atomic E-state index is 13.3. The van der Waals surface area contributed by atoms with E-state index in [-0.39, 0.29) is 11.8 Å². The molecule has 0 saturated carbocycles. The Labute approximate surface area is 281 Å². The number of nitrogens with zero attached hydrogens (tertiary/aromatic N) is 4. The van der Waals surface area contributed by atoms with Gasteiger partial charge in [-0.3, -0.25) is 29.4 Å². The molecule has 2 saturated heterocycles. The minimum Gasteiger partial charge on any atom is -0.388 e. The first kappa shape index (κ1) is 33.4. The van der Waals surface area contributed by atoms with Crippen molar-refractivity contribution in [3.05, 3.63) is 106 Å². The third-order valence-electron chi connectivity index (χ3n) is 9.40. The summed E-state index contributed by atoms with van der Waals surface area (Å²) in [7, 11) is 0. The fourth-order valence-corrected chi connectivity index (χ4v) is 6.79. The van der Waals surface area contributed by atoms with Crippen LogP contribution in [0.5, 0.6) is 0 Å². The van der Waals surface area contributed by atoms with Gasteiger partial charge in [-0.15, -0.1) is 0 Å². The molecule has 4 aromatic rings. The predicted molar refractivity (Wildman–Crippen MR) is 187 cm³/mol. The van der Waals surface area contributed by atoms with Gasteiger partial charge < -0.3 is 20.8 Å². The Bertz CT molecular complexity index is 1750. The summed E-state index contributed by atoms with van der Waals surface area (Å²) < 4.78 is 0. The normalized spacial score (nSPS) is 16.9. The lowest BCUT2D eigenvalue weighted by Gasteiger charge is -2.44. The number of rotatable bonds is 9. The molecule has 2 fully saturated rings. The van der Waals surface area contributed by atoms with Gasteiger partial charge in [0.25, 0.3) is 11.8 Å². The molecule has 2 amide bonds. The van der Waals surface area contributed by atoms with E-state index in [2.05, 4.69) is 30.4 Å². The lowest BCUT2D eigenvalue weighted by Crippen LogP contribution is -2.59. The number of amides is 2. The van der Waals surface area contributed by atoms with Crippen molar-refractivity contribution in [2.45, 2.75) is 65.8 Å². The number of anilines is 2. The molecule has 2 aromatic heterocycles. The molecule has 0 atom stereocenters. The van der Waals surface area contributed by atoms with Crippen LogP contribution in [-0.2, 0) is 13.1 Å².